The third kappa shape index (κ3) is 3.09. The van der Waals surface area contributed by atoms with Gasteiger partial charge < -0.3 is 10.4 Å². The zero-order valence-corrected chi connectivity index (χ0v) is 10.1. The van der Waals surface area contributed by atoms with Crippen LogP contribution in [-0.2, 0) is 6.18 Å². The number of hydrogen-bond donors (Lipinski definition) is 2. The topological polar surface area (TPSA) is 49.3 Å². The number of phenols is 1. The Balaban J connectivity index is 2.26. The highest BCUT2D eigenvalue weighted by Crippen LogP contribution is 2.34. The van der Waals surface area contributed by atoms with Crippen molar-refractivity contribution in [2.24, 2.45) is 0 Å². The van der Waals surface area contributed by atoms with E-state index in [0.717, 1.165) is 6.07 Å². The fraction of sp³-hybridized carbons (Fsp3) is 0.0714. The highest BCUT2D eigenvalue weighted by molar-refractivity contribution is 6.04. The van der Waals surface area contributed by atoms with Crippen molar-refractivity contribution < 1.29 is 23.1 Å². The van der Waals surface area contributed by atoms with Crippen LogP contribution in [0.15, 0.2) is 48.5 Å². The average Bonchev–Trinajstić information content (AvgIpc) is 2.38. The maximum atomic E-state index is 12.8. The number of benzene rings is 2. The largest absolute Gasteiger partial charge is 0.508 e. The van der Waals surface area contributed by atoms with E-state index in [2.05, 4.69) is 5.32 Å². The molecule has 1 amide bonds. The van der Waals surface area contributed by atoms with Crippen LogP contribution in [0.4, 0.5) is 18.9 Å². The van der Waals surface area contributed by atoms with Crippen LogP contribution in [0.1, 0.15) is 15.9 Å². The Morgan fingerprint density at radius 2 is 1.60 bits per heavy atom. The monoisotopic (exact) mass is 281 g/mol. The molecule has 104 valence electrons. The molecule has 0 aromatic heterocycles. The molecule has 0 spiro atoms. The van der Waals surface area contributed by atoms with E-state index in [4.69, 9.17) is 5.11 Å². The molecule has 0 heterocycles. The van der Waals surface area contributed by atoms with Crippen LogP contribution in [0, 0.1) is 0 Å². The fourth-order valence-corrected chi connectivity index (χ4v) is 1.65. The molecule has 2 N–H and O–H groups in total. The number of carbonyl (C=O) groups is 1. The summed E-state index contributed by atoms with van der Waals surface area (Å²) >= 11 is 0. The first-order chi connectivity index (χ1) is 9.38. The van der Waals surface area contributed by atoms with Crippen molar-refractivity contribution >= 4 is 11.6 Å². The van der Waals surface area contributed by atoms with Crippen molar-refractivity contribution in [1.29, 1.82) is 0 Å². The standard InChI is InChI=1S/C14H10F3NO2/c15-14(16,17)11-3-1-2-4-12(11)18-13(20)9-5-7-10(19)8-6-9/h1-8,19H,(H,18,20). The number of phenolic OH excluding ortho intramolecular Hbond substituents is 1. The van der Waals surface area contributed by atoms with Gasteiger partial charge in [0.05, 0.1) is 11.3 Å². The molecule has 0 radical (unpaired) electrons. The van der Waals surface area contributed by atoms with Gasteiger partial charge in [-0.3, -0.25) is 4.79 Å². The van der Waals surface area contributed by atoms with E-state index in [1.807, 2.05) is 0 Å². The summed E-state index contributed by atoms with van der Waals surface area (Å²) in [7, 11) is 0. The molecule has 2 aromatic rings. The molecule has 2 rings (SSSR count). The van der Waals surface area contributed by atoms with Gasteiger partial charge in [0.25, 0.3) is 5.91 Å². The predicted octanol–water partition coefficient (Wildman–Crippen LogP) is 3.66. The molecule has 6 heteroatoms. The number of hydrogen-bond acceptors (Lipinski definition) is 2. The molecule has 0 atom stereocenters. The second kappa shape index (κ2) is 5.24. The van der Waals surface area contributed by atoms with Gasteiger partial charge >= 0.3 is 6.18 Å². The second-order valence-corrected chi connectivity index (χ2v) is 4.04. The number of halogens is 3. The maximum absolute atomic E-state index is 12.8. The third-order valence-electron chi connectivity index (χ3n) is 2.61. The lowest BCUT2D eigenvalue weighted by Crippen LogP contribution is -2.16. The van der Waals surface area contributed by atoms with Gasteiger partial charge in [0.2, 0.25) is 0 Å². The van der Waals surface area contributed by atoms with E-state index in [-0.39, 0.29) is 17.0 Å². The van der Waals surface area contributed by atoms with Crippen molar-refractivity contribution in [3.8, 4) is 5.75 Å². The van der Waals surface area contributed by atoms with Crippen LogP contribution < -0.4 is 5.32 Å². The molecule has 0 fully saturated rings. The zero-order valence-electron chi connectivity index (χ0n) is 10.1. The Bertz CT molecular complexity index is 621. The summed E-state index contributed by atoms with van der Waals surface area (Å²) in [6.45, 7) is 0. The minimum absolute atomic E-state index is 0.0303. The van der Waals surface area contributed by atoms with E-state index >= 15 is 0 Å². The number of alkyl halides is 3. The average molecular weight is 281 g/mol. The summed E-state index contributed by atoms with van der Waals surface area (Å²) in [6, 6.07) is 9.94. The van der Waals surface area contributed by atoms with Gasteiger partial charge in [-0.2, -0.15) is 13.2 Å². The predicted molar refractivity (Wildman–Crippen MR) is 67.5 cm³/mol. The summed E-state index contributed by atoms with van der Waals surface area (Å²) < 4.78 is 38.3. The molecule has 2 aromatic carbocycles. The Morgan fingerprint density at radius 1 is 1.00 bits per heavy atom. The van der Waals surface area contributed by atoms with Gasteiger partial charge in [-0.25, -0.2) is 0 Å². The number of anilines is 1. The molecule has 0 saturated carbocycles. The fourth-order valence-electron chi connectivity index (χ4n) is 1.65. The summed E-state index contributed by atoms with van der Waals surface area (Å²) in [4.78, 5) is 11.8. The molecule has 0 aliphatic carbocycles. The molecule has 20 heavy (non-hydrogen) atoms. The summed E-state index contributed by atoms with van der Waals surface area (Å²) in [5.74, 6) is -0.709. The zero-order chi connectivity index (χ0) is 14.8. The molecule has 0 aliphatic heterocycles. The molecule has 0 saturated heterocycles. The van der Waals surface area contributed by atoms with Gasteiger partial charge in [0, 0.05) is 5.56 Å². The van der Waals surface area contributed by atoms with E-state index < -0.39 is 17.6 Å². The normalized spacial score (nSPS) is 11.2. The van der Waals surface area contributed by atoms with Crippen molar-refractivity contribution in [3.05, 3.63) is 59.7 Å². The Labute approximate surface area is 112 Å². The number of nitrogens with one attached hydrogen (secondary N) is 1. The summed E-state index contributed by atoms with van der Waals surface area (Å²) in [5.41, 5.74) is -1.06. The Kier molecular flexibility index (Phi) is 3.65. The quantitative estimate of drug-likeness (QED) is 0.882. The second-order valence-electron chi connectivity index (χ2n) is 4.04. The lowest BCUT2D eigenvalue weighted by molar-refractivity contribution is -0.136. The number of carbonyl (C=O) groups excluding carboxylic acids is 1. The van der Waals surface area contributed by atoms with Crippen molar-refractivity contribution in [3.63, 3.8) is 0 Å². The number of para-hydroxylation sites is 1. The van der Waals surface area contributed by atoms with E-state index in [9.17, 15) is 18.0 Å². The van der Waals surface area contributed by atoms with Crippen LogP contribution in [-0.4, -0.2) is 11.0 Å². The van der Waals surface area contributed by atoms with Crippen LogP contribution in [0.3, 0.4) is 0 Å². The van der Waals surface area contributed by atoms with Gasteiger partial charge in [-0.05, 0) is 36.4 Å². The highest BCUT2D eigenvalue weighted by atomic mass is 19.4. The van der Waals surface area contributed by atoms with Crippen LogP contribution in [0.25, 0.3) is 0 Å². The van der Waals surface area contributed by atoms with Gasteiger partial charge in [-0.1, -0.05) is 12.1 Å². The van der Waals surface area contributed by atoms with Crippen LogP contribution >= 0.6 is 0 Å². The first-order valence-electron chi connectivity index (χ1n) is 5.64. The summed E-state index contributed by atoms with van der Waals surface area (Å²) in [6.07, 6.45) is -4.54. The first-order valence-corrected chi connectivity index (χ1v) is 5.64. The van der Waals surface area contributed by atoms with Crippen molar-refractivity contribution in [1.82, 2.24) is 0 Å². The first kappa shape index (κ1) is 13.9. The van der Waals surface area contributed by atoms with Crippen LogP contribution in [0.2, 0.25) is 0 Å². The molecule has 3 nitrogen and oxygen atoms in total. The molecule has 0 bridgehead atoms. The minimum atomic E-state index is -4.54. The lowest BCUT2D eigenvalue weighted by atomic mass is 10.1. The molecular weight excluding hydrogens is 271 g/mol. The third-order valence-corrected chi connectivity index (χ3v) is 2.61. The van der Waals surface area contributed by atoms with E-state index in [1.54, 1.807) is 0 Å². The van der Waals surface area contributed by atoms with Crippen molar-refractivity contribution in [2.75, 3.05) is 5.32 Å². The lowest BCUT2D eigenvalue weighted by Gasteiger charge is -2.13. The van der Waals surface area contributed by atoms with Gasteiger partial charge in [0.1, 0.15) is 5.75 Å². The van der Waals surface area contributed by atoms with E-state index in [1.165, 1.54) is 42.5 Å². The minimum Gasteiger partial charge on any atom is -0.508 e. The highest BCUT2D eigenvalue weighted by Gasteiger charge is 2.33. The molecular formula is C14H10F3NO2. The van der Waals surface area contributed by atoms with Crippen LogP contribution in [0.5, 0.6) is 5.75 Å². The number of amides is 1. The number of aromatic hydroxyl groups is 1. The Morgan fingerprint density at radius 3 is 2.20 bits per heavy atom. The number of rotatable bonds is 2. The van der Waals surface area contributed by atoms with Gasteiger partial charge in [-0.15, -0.1) is 0 Å². The SMILES string of the molecule is O=C(Nc1ccccc1C(F)(F)F)c1ccc(O)cc1. The molecule has 0 aliphatic rings. The maximum Gasteiger partial charge on any atom is 0.418 e. The van der Waals surface area contributed by atoms with Gasteiger partial charge in [0.15, 0.2) is 0 Å². The smallest absolute Gasteiger partial charge is 0.418 e. The summed E-state index contributed by atoms with van der Waals surface area (Å²) in [5, 5.41) is 11.3. The van der Waals surface area contributed by atoms with Crippen molar-refractivity contribution in [2.45, 2.75) is 6.18 Å². The molecule has 0 unspecified atom stereocenters. The van der Waals surface area contributed by atoms with E-state index in [0.29, 0.717) is 0 Å². The Hall–Kier alpha value is -2.50.